The van der Waals surface area contributed by atoms with Crippen molar-refractivity contribution in [1.82, 2.24) is 25.5 Å². The second-order valence-electron chi connectivity index (χ2n) is 4.18. The number of carbonyl (C=O) groups excluding carboxylic acids is 1. The van der Waals surface area contributed by atoms with E-state index in [0.717, 1.165) is 4.88 Å². The summed E-state index contributed by atoms with van der Waals surface area (Å²) in [5.74, 6) is -0.874. The third-order valence-electron chi connectivity index (χ3n) is 2.80. The molecule has 106 valence electrons. The first-order chi connectivity index (χ1) is 10.2. The van der Waals surface area contributed by atoms with E-state index in [-0.39, 0.29) is 11.5 Å². The molecule has 0 unspecified atom stereocenters. The molecule has 2 aromatic heterocycles. The zero-order valence-corrected chi connectivity index (χ0v) is 11.5. The van der Waals surface area contributed by atoms with E-state index < -0.39 is 5.82 Å². The average Bonchev–Trinajstić information content (AvgIpc) is 3.18. The number of tetrazole rings is 1. The first kappa shape index (κ1) is 13.4. The van der Waals surface area contributed by atoms with Crippen LogP contribution in [0.15, 0.2) is 42.0 Å². The summed E-state index contributed by atoms with van der Waals surface area (Å²) in [4.78, 5) is 13.3. The minimum atomic E-state index is -0.493. The number of benzene rings is 1. The highest BCUT2D eigenvalue weighted by atomic mass is 32.1. The van der Waals surface area contributed by atoms with Gasteiger partial charge in [-0.1, -0.05) is 6.07 Å². The molecule has 0 aliphatic carbocycles. The van der Waals surface area contributed by atoms with E-state index in [0.29, 0.717) is 12.2 Å². The number of halogens is 1. The van der Waals surface area contributed by atoms with Crippen molar-refractivity contribution in [3.63, 3.8) is 0 Å². The van der Waals surface area contributed by atoms with Crippen LogP contribution in [0.2, 0.25) is 0 Å². The Kier molecular flexibility index (Phi) is 3.69. The van der Waals surface area contributed by atoms with Gasteiger partial charge in [0.2, 0.25) is 0 Å². The van der Waals surface area contributed by atoms with Gasteiger partial charge < -0.3 is 5.32 Å². The average molecular weight is 303 g/mol. The van der Waals surface area contributed by atoms with Crippen LogP contribution in [0.5, 0.6) is 0 Å². The number of hydrogen-bond donors (Lipinski definition) is 1. The molecule has 1 N–H and O–H groups in total. The molecule has 0 fully saturated rings. The molecule has 0 spiro atoms. The smallest absolute Gasteiger partial charge is 0.253 e. The molecule has 3 rings (SSSR count). The van der Waals surface area contributed by atoms with Gasteiger partial charge in [-0.15, -0.1) is 16.4 Å². The van der Waals surface area contributed by atoms with Crippen molar-refractivity contribution >= 4 is 17.2 Å². The molecule has 0 aliphatic rings. The molecule has 3 aromatic rings. The Morgan fingerprint density at radius 3 is 3.00 bits per heavy atom. The Morgan fingerprint density at radius 2 is 2.29 bits per heavy atom. The minimum absolute atomic E-state index is 0.179. The lowest BCUT2D eigenvalue weighted by molar-refractivity contribution is 0.0950. The van der Waals surface area contributed by atoms with E-state index in [4.69, 9.17) is 0 Å². The van der Waals surface area contributed by atoms with Gasteiger partial charge in [-0.3, -0.25) is 4.79 Å². The van der Waals surface area contributed by atoms with Gasteiger partial charge in [0.1, 0.15) is 12.1 Å². The van der Waals surface area contributed by atoms with Gasteiger partial charge in [-0.25, -0.2) is 4.39 Å². The Bertz CT molecular complexity index is 742. The quantitative estimate of drug-likeness (QED) is 0.797. The monoisotopic (exact) mass is 303 g/mol. The van der Waals surface area contributed by atoms with Crippen LogP contribution >= 0.6 is 11.3 Å². The number of nitrogens with zero attached hydrogens (tertiary/aromatic N) is 4. The number of aromatic nitrogens is 4. The van der Waals surface area contributed by atoms with E-state index in [1.807, 2.05) is 17.5 Å². The zero-order valence-electron chi connectivity index (χ0n) is 10.7. The van der Waals surface area contributed by atoms with Gasteiger partial charge in [0.05, 0.1) is 17.8 Å². The maximum Gasteiger partial charge on any atom is 0.253 e. The van der Waals surface area contributed by atoms with Crippen molar-refractivity contribution in [2.75, 3.05) is 0 Å². The highest BCUT2D eigenvalue weighted by Crippen LogP contribution is 2.15. The van der Waals surface area contributed by atoms with Crippen LogP contribution in [-0.4, -0.2) is 26.1 Å². The molecular formula is C13H10FN5OS. The SMILES string of the molecule is O=C(NCc1cccs1)c1cc(F)ccc1-n1cnnn1. The van der Waals surface area contributed by atoms with Crippen molar-refractivity contribution < 1.29 is 9.18 Å². The van der Waals surface area contributed by atoms with Crippen LogP contribution in [-0.2, 0) is 6.54 Å². The Labute approximate surface area is 123 Å². The lowest BCUT2D eigenvalue weighted by Gasteiger charge is -2.09. The molecule has 1 amide bonds. The van der Waals surface area contributed by atoms with Crippen LogP contribution in [0.3, 0.4) is 0 Å². The molecule has 2 heterocycles. The summed E-state index contributed by atoms with van der Waals surface area (Å²) in [7, 11) is 0. The highest BCUT2D eigenvalue weighted by Gasteiger charge is 2.15. The lowest BCUT2D eigenvalue weighted by Crippen LogP contribution is -2.24. The summed E-state index contributed by atoms with van der Waals surface area (Å²) in [6, 6.07) is 7.71. The van der Waals surface area contributed by atoms with Gasteiger partial charge in [0, 0.05) is 4.88 Å². The first-order valence-corrected chi connectivity index (χ1v) is 6.95. The number of amides is 1. The second kappa shape index (κ2) is 5.80. The maximum atomic E-state index is 13.4. The van der Waals surface area contributed by atoms with Crippen LogP contribution in [0.4, 0.5) is 4.39 Å². The Hall–Kier alpha value is -2.61. The Balaban J connectivity index is 1.86. The number of carbonyl (C=O) groups is 1. The van der Waals surface area contributed by atoms with Crippen LogP contribution in [0.25, 0.3) is 5.69 Å². The van der Waals surface area contributed by atoms with Gasteiger partial charge in [0.25, 0.3) is 5.91 Å². The molecule has 1 aromatic carbocycles. The van der Waals surface area contributed by atoms with E-state index in [2.05, 4.69) is 20.8 Å². The molecule has 0 atom stereocenters. The van der Waals surface area contributed by atoms with Crippen LogP contribution in [0, 0.1) is 5.82 Å². The normalized spacial score (nSPS) is 10.5. The van der Waals surface area contributed by atoms with E-state index in [1.54, 1.807) is 0 Å². The molecule has 8 heteroatoms. The summed E-state index contributed by atoms with van der Waals surface area (Å²) in [6.07, 6.45) is 1.35. The summed E-state index contributed by atoms with van der Waals surface area (Å²) in [5, 5.41) is 15.4. The second-order valence-corrected chi connectivity index (χ2v) is 5.21. The van der Waals surface area contributed by atoms with Gasteiger partial charge in [-0.05, 0) is 40.1 Å². The number of nitrogens with one attached hydrogen (secondary N) is 1. The predicted molar refractivity (Wildman–Crippen MR) is 74.6 cm³/mol. The van der Waals surface area contributed by atoms with Gasteiger partial charge in [0.15, 0.2) is 0 Å². The van der Waals surface area contributed by atoms with Gasteiger partial charge >= 0.3 is 0 Å². The summed E-state index contributed by atoms with van der Waals surface area (Å²) < 4.78 is 14.7. The lowest BCUT2D eigenvalue weighted by atomic mass is 10.1. The number of hydrogen-bond acceptors (Lipinski definition) is 5. The standard InChI is InChI=1S/C13H10FN5OS/c14-9-3-4-12(19-8-16-17-18-19)11(6-9)13(20)15-7-10-2-1-5-21-10/h1-6,8H,7H2,(H,15,20). The maximum absolute atomic E-state index is 13.4. The molecule has 6 nitrogen and oxygen atoms in total. The molecule has 0 saturated carbocycles. The van der Waals surface area contributed by atoms with Crippen molar-refractivity contribution in [1.29, 1.82) is 0 Å². The third kappa shape index (κ3) is 2.95. The fraction of sp³-hybridized carbons (Fsp3) is 0.0769. The van der Waals surface area contributed by atoms with Crippen molar-refractivity contribution in [2.45, 2.75) is 6.54 Å². The van der Waals surface area contributed by atoms with Crippen LogP contribution < -0.4 is 5.32 Å². The number of rotatable bonds is 4. The third-order valence-corrected chi connectivity index (χ3v) is 3.68. The van der Waals surface area contributed by atoms with E-state index in [1.165, 1.54) is 40.5 Å². The molecule has 0 aliphatic heterocycles. The zero-order chi connectivity index (χ0) is 14.7. The van der Waals surface area contributed by atoms with Crippen molar-refractivity contribution in [2.24, 2.45) is 0 Å². The topological polar surface area (TPSA) is 72.7 Å². The Morgan fingerprint density at radius 1 is 1.38 bits per heavy atom. The van der Waals surface area contributed by atoms with E-state index >= 15 is 0 Å². The largest absolute Gasteiger partial charge is 0.347 e. The molecule has 21 heavy (non-hydrogen) atoms. The molecule has 0 saturated heterocycles. The van der Waals surface area contributed by atoms with Crippen LogP contribution in [0.1, 0.15) is 15.2 Å². The summed E-state index contributed by atoms with van der Waals surface area (Å²) in [5.41, 5.74) is 0.601. The number of thiophene rings is 1. The summed E-state index contributed by atoms with van der Waals surface area (Å²) >= 11 is 1.54. The predicted octanol–water partition coefficient (Wildman–Crippen LogP) is 1.79. The fourth-order valence-corrected chi connectivity index (χ4v) is 2.48. The molecule has 0 radical (unpaired) electrons. The molecule has 0 bridgehead atoms. The van der Waals surface area contributed by atoms with Crippen molar-refractivity contribution in [3.8, 4) is 5.69 Å². The molecular weight excluding hydrogens is 293 g/mol. The van der Waals surface area contributed by atoms with E-state index in [9.17, 15) is 9.18 Å². The van der Waals surface area contributed by atoms with Gasteiger partial charge in [-0.2, -0.15) is 4.68 Å². The highest BCUT2D eigenvalue weighted by molar-refractivity contribution is 7.09. The van der Waals surface area contributed by atoms with Crippen molar-refractivity contribution in [3.05, 3.63) is 58.3 Å². The minimum Gasteiger partial charge on any atom is -0.347 e. The fourth-order valence-electron chi connectivity index (χ4n) is 1.84. The summed E-state index contributed by atoms with van der Waals surface area (Å²) in [6.45, 7) is 0.391. The first-order valence-electron chi connectivity index (χ1n) is 6.07.